The summed E-state index contributed by atoms with van der Waals surface area (Å²) in [7, 11) is 0. The fourth-order valence-electron chi connectivity index (χ4n) is 1.57. The molecule has 0 bridgehead atoms. The summed E-state index contributed by atoms with van der Waals surface area (Å²) in [6.45, 7) is 3.18. The minimum absolute atomic E-state index is 0.433. The van der Waals surface area contributed by atoms with Crippen LogP contribution in [-0.2, 0) is 5.54 Å². The van der Waals surface area contributed by atoms with Gasteiger partial charge in [-0.25, -0.2) is 14.4 Å². The number of halogens is 2. The van der Waals surface area contributed by atoms with Gasteiger partial charge in [-0.2, -0.15) is 0 Å². The van der Waals surface area contributed by atoms with Crippen molar-refractivity contribution in [1.29, 1.82) is 0 Å². The number of nitrogens with two attached hydrogens (primary N) is 1. The van der Waals surface area contributed by atoms with E-state index in [1.54, 1.807) is 0 Å². The average molecular weight is 334 g/mol. The van der Waals surface area contributed by atoms with Crippen molar-refractivity contribution in [1.82, 2.24) is 14.5 Å². The Labute approximate surface area is 106 Å². The molecule has 0 aliphatic carbocycles. The van der Waals surface area contributed by atoms with Gasteiger partial charge in [0.25, 0.3) is 0 Å². The molecular weight excluding hydrogens is 322 g/mol. The predicted octanol–water partition coefficient (Wildman–Crippen LogP) is 2.32. The summed E-state index contributed by atoms with van der Waals surface area (Å²) in [5.41, 5.74) is 5.85. The summed E-state index contributed by atoms with van der Waals surface area (Å²) in [6, 6.07) is 0. The zero-order chi connectivity index (χ0) is 11.9. The summed E-state index contributed by atoms with van der Waals surface area (Å²) in [5, 5.41) is 0.796. The predicted molar refractivity (Wildman–Crippen MR) is 70.0 cm³/mol. The molecule has 0 aliphatic rings. The second-order valence-corrected chi connectivity index (χ2v) is 5.41. The molecule has 0 saturated heterocycles. The van der Waals surface area contributed by atoms with E-state index in [2.05, 4.69) is 32.6 Å². The first-order valence-electron chi connectivity index (χ1n) is 4.81. The first-order chi connectivity index (χ1) is 7.47. The van der Waals surface area contributed by atoms with Gasteiger partial charge in [-0.15, -0.1) is 0 Å². The smallest absolute Gasteiger partial charge is 0.147 e. The van der Waals surface area contributed by atoms with E-state index in [0.717, 1.165) is 8.96 Å². The van der Waals surface area contributed by atoms with Gasteiger partial charge in [0.05, 0.1) is 10.9 Å². The molecule has 16 heavy (non-hydrogen) atoms. The van der Waals surface area contributed by atoms with E-state index in [-0.39, 0.29) is 0 Å². The molecule has 0 unspecified atom stereocenters. The summed E-state index contributed by atoms with van der Waals surface area (Å²) < 4.78 is 15.7. The van der Waals surface area contributed by atoms with E-state index in [9.17, 15) is 4.39 Å². The van der Waals surface area contributed by atoms with Crippen molar-refractivity contribution < 1.29 is 4.39 Å². The number of hydrogen-bond donors (Lipinski definition) is 1. The van der Waals surface area contributed by atoms with Crippen LogP contribution in [0.4, 0.5) is 10.2 Å². The van der Waals surface area contributed by atoms with Gasteiger partial charge < -0.3 is 10.3 Å². The van der Waals surface area contributed by atoms with Crippen LogP contribution in [0, 0.1) is 3.57 Å². The standard InChI is InChI=1S/C10H12FIN4/c1-10(2,4-11)16-3-6(12)7-8(13)14-5-15-9(7)16/h3,5H,4H2,1-2H3,(H2,13,14,15). The molecule has 2 rings (SSSR count). The minimum Gasteiger partial charge on any atom is -0.383 e. The van der Waals surface area contributed by atoms with Crippen molar-refractivity contribution in [2.75, 3.05) is 12.4 Å². The fraction of sp³-hybridized carbons (Fsp3) is 0.400. The molecule has 0 spiro atoms. The molecular formula is C10H12FIN4. The maximum absolute atomic E-state index is 13.0. The SMILES string of the molecule is CC(C)(CF)n1cc(I)c2c(N)ncnc21. The van der Waals surface area contributed by atoms with Gasteiger partial charge in [0, 0.05) is 9.77 Å². The van der Waals surface area contributed by atoms with Crippen LogP contribution < -0.4 is 5.73 Å². The normalized spacial score (nSPS) is 12.2. The Morgan fingerprint density at radius 3 is 2.81 bits per heavy atom. The lowest BCUT2D eigenvalue weighted by atomic mass is 10.1. The van der Waals surface area contributed by atoms with Crippen LogP contribution in [0.15, 0.2) is 12.5 Å². The van der Waals surface area contributed by atoms with Crippen LogP contribution in [-0.4, -0.2) is 21.2 Å². The van der Waals surface area contributed by atoms with Crippen LogP contribution in [0.1, 0.15) is 13.8 Å². The maximum atomic E-state index is 13.0. The first kappa shape index (κ1) is 11.6. The minimum atomic E-state index is -0.623. The van der Waals surface area contributed by atoms with Crippen molar-refractivity contribution in [2.24, 2.45) is 0 Å². The van der Waals surface area contributed by atoms with Gasteiger partial charge in [-0.05, 0) is 36.4 Å². The Morgan fingerprint density at radius 2 is 2.19 bits per heavy atom. The van der Waals surface area contributed by atoms with Crippen molar-refractivity contribution >= 4 is 39.4 Å². The first-order valence-corrected chi connectivity index (χ1v) is 5.88. The van der Waals surface area contributed by atoms with E-state index < -0.39 is 12.2 Å². The van der Waals surface area contributed by atoms with E-state index in [1.165, 1.54) is 6.33 Å². The molecule has 2 aromatic heterocycles. The van der Waals surface area contributed by atoms with E-state index in [4.69, 9.17) is 5.73 Å². The molecule has 0 aliphatic heterocycles. The van der Waals surface area contributed by atoms with E-state index >= 15 is 0 Å². The van der Waals surface area contributed by atoms with E-state index in [0.29, 0.717) is 11.5 Å². The zero-order valence-electron chi connectivity index (χ0n) is 9.04. The molecule has 86 valence electrons. The second kappa shape index (κ2) is 3.83. The van der Waals surface area contributed by atoms with Gasteiger partial charge in [0.15, 0.2) is 0 Å². The van der Waals surface area contributed by atoms with Gasteiger partial charge >= 0.3 is 0 Å². The fourth-order valence-corrected chi connectivity index (χ4v) is 2.36. The maximum Gasteiger partial charge on any atom is 0.147 e. The Kier molecular flexibility index (Phi) is 2.77. The van der Waals surface area contributed by atoms with E-state index in [1.807, 2.05) is 24.6 Å². The molecule has 0 fully saturated rings. The third-order valence-electron chi connectivity index (χ3n) is 2.55. The molecule has 2 aromatic rings. The Morgan fingerprint density at radius 1 is 1.50 bits per heavy atom. The zero-order valence-corrected chi connectivity index (χ0v) is 11.2. The largest absolute Gasteiger partial charge is 0.383 e. The van der Waals surface area contributed by atoms with Crippen LogP contribution in [0.5, 0.6) is 0 Å². The number of anilines is 1. The lowest BCUT2D eigenvalue weighted by Crippen LogP contribution is -2.28. The summed E-state index contributed by atoms with van der Waals surface area (Å²) in [4.78, 5) is 8.12. The number of fused-ring (bicyclic) bond motifs is 1. The monoisotopic (exact) mass is 334 g/mol. The highest BCUT2D eigenvalue weighted by atomic mass is 127. The molecule has 4 nitrogen and oxygen atoms in total. The third kappa shape index (κ3) is 1.64. The summed E-state index contributed by atoms with van der Waals surface area (Å²) in [5.74, 6) is 0.433. The Hall–Kier alpha value is -0.920. The van der Waals surface area contributed by atoms with Crippen LogP contribution in [0.25, 0.3) is 11.0 Å². The molecule has 0 saturated carbocycles. The number of nitrogens with zero attached hydrogens (tertiary/aromatic N) is 3. The molecule has 2 N–H and O–H groups in total. The molecule has 6 heteroatoms. The van der Waals surface area contributed by atoms with Crippen LogP contribution >= 0.6 is 22.6 Å². The lowest BCUT2D eigenvalue weighted by Gasteiger charge is -2.23. The highest BCUT2D eigenvalue weighted by molar-refractivity contribution is 14.1. The number of alkyl halides is 1. The van der Waals surface area contributed by atoms with Crippen molar-refractivity contribution in [2.45, 2.75) is 19.4 Å². The number of hydrogen-bond acceptors (Lipinski definition) is 3. The summed E-state index contributed by atoms with van der Waals surface area (Å²) >= 11 is 2.16. The molecule has 0 aromatic carbocycles. The number of nitrogen functional groups attached to an aromatic ring is 1. The number of rotatable bonds is 2. The van der Waals surface area contributed by atoms with Crippen molar-refractivity contribution in [3.05, 3.63) is 16.1 Å². The quantitative estimate of drug-likeness (QED) is 0.858. The van der Waals surface area contributed by atoms with Gasteiger partial charge in [-0.3, -0.25) is 0 Å². The second-order valence-electron chi connectivity index (χ2n) is 4.25. The molecule has 0 radical (unpaired) electrons. The molecule has 0 atom stereocenters. The highest BCUT2D eigenvalue weighted by Crippen LogP contribution is 2.29. The Bertz CT molecular complexity index is 535. The van der Waals surface area contributed by atoms with Gasteiger partial charge in [-0.1, -0.05) is 0 Å². The van der Waals surface area contributed by atoms with Gasteiger partial charge in [0.2, 0.25) is 0 Å². The molecule has 2 heterocycles. The molecule has 0 amide bonds. The lowest BCUT2D eigenvalue weighted by molar-refractivity contribution is 0.263. The summed E-state index contributed by atoms with van der Waals surface area (Å²) in [6.07, 6.45) is 3.26. The Balaban J connectivity index is 2.79. The highest BCUT2D eigenvalue weighted by Gasteiger charge is 2.24. The van der Waals surface area contributed by atoms with Crippen LogP contribution in [0.3, 0.4) is 0 Å². The van der Waals surface area contributed by atoms with Gasteiger partial charge in [0.1, 0.15) is 24.5 Å². The number of aromatic nitrogens is 3. The third-order valence-corrected chi connectivity index (χ3v) is 3.36. The topological polar surface area (TPSA) is 56.7 Å². The average Bonchev–Trinajstić information content (AvgIpc) is 2.58. The van der Waals surface area contributed by atoms with Crippen LogP contribution in [0.2, 0.25) is 0 Å². The van der Waals surface area contributed by atoms with Crippen molar-refractivity contribution in [3.8, 4) is 0 Å². The van der Waals surface area contributed by atoms with Crippen molar-refractivity contribution in [3.63, 3.8) is 0 Å².